The highest BCUT2D eigenvalue weighted by molar-refractivity contribution is 7.88. The summed E-state index contributed by atoms with van der Waals surface area (Å²) in [6.45, 7) is 0.408. The van der Waals surface area contributed by atoms with Gasteiger partial charge in [-0.25, -0.2) is 12.7 Å². The first-order valence-electron chi connectivity index (χ1n) is 9.71. The number of nitrogens with zero attached hydrogens (tertiary/aromatic N) is 1. The fourth-order valence-electron chi connectivity index (χ4n) is 3.52. The minimum Gasteiger partial charge on any atom is -0.352 e. The first-order chi connectivity index (χ1) is 14.5. The molecule has 1 aliphatic heterocycles. The lowest BCUT2D eigenvalue weighted by atomic mass is 9.97. The Morgan fingerprint density at radius 3 is 2.35 bits per heavy atom. The molecule has 0 aromatic heterocycles. The minimum atomic E-state index is -4.44. The summed E-state index contributed by atoms with van der Waals surface area (Å²) in [4.78, 5) is 12.4. The zero-order valence-electron chi connectivity index (χ0n) is 16.5. The lowest BCUT2D eigenvalue weighted by Crippen LogP contribution is -2.43. The molecule has 31 heavy (non-hydrogen) atoms. The highest BCUT2D eigenvalue weighted by Crippen LogP contribution is 2.29. The first kappa shape index (κ1) is 23.6. The summed E-state index contributed by atoms with van der Waals surface area (Å²) in [5.41, 5.74) is 0.177. The van der Waals surface area contributed by atoms with Crippen molar-refractivity contribution in [2.75, 3.05) is 13.1 Å². The second kappa shape index (κ2) is 9.58. The van der Waals surface area contributed by atoms with Crippen molar-refractivity contribution >= 4 is 27.5 Å². The minimum absolute atomic E-state index is 0.0178. The van der Waals surface area contributed by atoms with Gasteiger partial charge >= 0.3 is 6.18 Å². The highest BCUT2D eigenvalue weighted by atomic mass is 35.5. The lowest BCUT2D eigenvalue weighted by molar-refractivity contribution is -0.137. The van der Waals surface area contributed by atoms with Gasteiger partial charge in [0.2, 0.25) is 15.9 Å². The predicted octanol–water partition coefficient (Wildman–Crippen LogP) is 4.22. The Labute approximate surface area is 184 Å². The monoisotopic (exact) mass is 474 g/mol. The third kappa shape index (κ3) is 6.44. The van der Waals surface area contributed by atoms with Gasteiger partial charge in [-0.3, -0.25) is 4.79 Å². The molecule has 0 saturated carbocycles. The van der Waals surface area contributed by atoms with E-state index in [0.717, 1.165) is 12.1 Å². The van der Waals surface area contributed by atoms with Crippen molar-refractivity contribution in [1.29, 1.82) is 0 Å². The number of alkyl halides is 3. The lowest BCUT2D eigenvalue weighted by Gasteiger charge is -2.30. The number of rotatable bonds is 6. The van der Waals surface area contributed by atoms with E-state index in [4.69, 9.17) is 11.6 Å². The zero-order valence-corrected chi connectivity index (χ0v) is 18.1. The molecular formula is C21H22ClF3N2O3S. The van der Waals surface area contributed by atoms with Gasteiger partial charge in [0.05, 0.1) is 11.3 Å². The molecule has 5 nitrogen and oxygen atoms in total. The molecule has 0 radical (unpaired) electrons. The largest absolute Gasteiger partial charge is 0.416 e. The number of amides is 1. The van der Waals surface area contributed by atoms with Crippen molar-refractivity contribution in [2.24, 2.45) is 5.92 Å². The molecule has 1 amide bonds. The summed E-state index contributed by atoms with van der Waals surface area (Å²) >= 11 is 5.91. The Kier molecular flexibility index (Phi) is 7.28. The van der Waals surface area contributed by atoms with Gasteiger partial charge in [0.25, 0.3) is 0 Å². The number of sulfonamides is 1. The standard InChI is InChI=1S/C21H22ClF3N2O3S/c22-19-6-2-4-16(12-19)14-31(29,30)27-9-7-17(8-10-27)20(28)26-13-15-3-1-5-18(11-15)21(23,24)25/h1-6,11-12,17H,7-10,13-14H2,(H,26,28). The van der Waals surface area contributed by atoms with Crippen LogP contribution in [0.15, 0.2) is 48.5 Å². The van der Waals surface area contributed by atoms with Crippen LogP contribution in [0, 0.1) is 5.92 Å². The van der Waals surface area contributed by atoms with Gasteiger partial charge in [-0.05, 0) is 48.2 Å². The first-order valence-corrected chi connectivity index (χ1v) is 11.7. The Hall–Kier alpha value is -2.10. The summed E-state index contributed by atoms with van der Waals surface area (Å²) in [5, 5.41) is 3.12. The molecule has 0 aliphatic carbocycles. The fraction of sp³-hybridized carbons (Fsp3) is 0.381. The van der Waals surface area contributed by atoms with Crippen molar-refractivity contribution in [1.82, 2.24) is 9.62 Å². The van der Waals surface area contributed by atoms with Crippen molar-refractivity contribution in [3.63, 3.8) is 0 Å². The number of carbonyl (C=O) groups is 1. The van der Waals surface area contributed by atoms with Gasteiger partial charge in [-0.15, -0.1) is 0 Å². The predicted molar refractivity (Wildman–Crippen MR) is 112 cm³/mol. The average molecular weight is 475 g/mol. The summed E-state index contributed by atoms with van der Waals surface area (Å²) in [5.74, 6) is -0.840. The third-order valence-electron chi connectivity index (χ3n) is 5.18. The van der Waals surface area contributed by atoms with Crippen LogP contribution in [-0.4, -0.2) is 31.7 Å². The molecule has 0 spiro atoms. The second-order valence-electron chi connectivity index (χ2n) is 7.48. The number of hydrogen-bond donors (Lipinski definition) is 1. The van der Waals surface area contributed by atoms with Crippen LogP contribution in [0.3, 0.4) is 0 Å². The van der Waals surface area contributed by atoms with Gasteiger partial charge in [-0.2, -0.15) is 13.2 Å². The Balaban J connectivity index is 1.52. The Morgan fingerprint density at radius 1 is 1.06 bits per heavy atom. The van der Waals surface area contributed by atoms with Crippen LogP contribution in [-0.2, 0) is 33.3 Å². The van der Waals surface area contributed by atoms with Gasteiger partial charge < -0.3 is 5.32 Å². The quantitative estimate of drug-likeness (QED) is 0.681. The Bertz CT molecular complexity index is 1040. The van der Waals surface area contributed by atoms with Gasteiger partial charge in [0.15, 0.2) is 0 Å². The number of nitrogens with one attached hydrogen (secondary N) is 1. The summed E-state index contributed by atoms with van der Waals surface area (Å²) in [6, 6.07) is 11.4. The summed E-state index contributed by atoms with van der Waals surface area (Å²) in [6.07, 6.45) is -3.74. The maximum absolute atomic E-state index is 12.8. The van der Waals surface area contributed by atoms with E-state index in [1.54, 1.807) is 24.3 Å². The Morgan fingerprint density at radius 2 is 1.71 bits per heavy atom. The third-order valence-corrected chi connectivity index (χ3v) is 7.26. The van der Waals surface area contributed by atoms with E-state index >= 15 is 0 Å². The van der Waals surface area contributed by atoms with Crippen molar-refractivity contribution in [2.45, 2.75) is 31.3 Å². The zero-order chi connectivity index (χ0) is 22.6. The number of halogens is 4. The molecular weight excluding hydrogens is 453 g/mol. The number of piperidine rings is 1. The van der Waals surface area contributed by atoms with Crippen molar-refractivity contribution in [3.05, 3.63) is 70.2 Å². The topological polar surface area (TPSA) is 66.5 Å². The fourth-order valence-corrected chi connectivity index (χ4v) is 5.28. The van der Waals surface area contributed by atoms with Gasteiger partial charge in [0, 0.05) is 30.6 Å². The number of benzene rings is 2. The smallest absolute Gasteiger partial charge is 0.352 e. The normalized spacial score (nSPS) is 16.3. The summed E-state index contributed by atoms with van der Waals surface area (Å²) < 4.78 is 65.1. The molecule has 0 atom stereocenters. The van der Waals surface area contributed by atoms with E-state index in [0.29, 0.717) is 29.0 Å². The molecule has 1 N–H and O–H groups in total. The van der Waals surface area contributed by atoms with Crippen LogP contribution in [0.2, 0.25) is 5.02 Å². The van der Waals surface area contributed by atoms with Crippen LogP contribution < -0.4 is 5.32 Å². The van der Waals surface area contributed by atoms with E-state index in [2.05, 4.69) is 5.32 Å². The molecule has 1 heterocycles. The SMILES string of the molecule is O=C(NCc1cccc(C(F)(F)F)c1)C1CCN(S(=O)(=O)Cc2cccc(Cl)c2)CC1. The number of hydrogen-bond acceptors (Lipinski definition) is 3. The van der Waals surface area contributed by atoms with Crippen LogP contribution in [0.25, 0.3) is 0 Å². The molecule has 0 bridgehead atoms. The van der Waals surface area contributed by atoms with Crippen LogP contribution in [0.5, 0.6) is 0 Å². The van der Waals surface area contributed by atoms with E-state index < -0.39 is 21.8 Å². The van der Waals surface area contributed by atoms with E-state index in [1.165, 1.54) is 16.4 Å². The van der Waals surface area contributed by atoms with Gasteiger partial charge in [-0.1, -0.05) is 35.9 Å². The molecule has 0 unspecified atom stereocenters. The molecule has 2 aromatic rings. The molecule has 1 saturated heterocycles. The maximum Gasteiger partial charge on any atom is 0.416 e. The second-order valence-corrected chi connectivity index (χ2v) is 9.88. The molecule has 3 rings (SSSR count). The van der Waals surface area contributed by atoms with Crippen molar-refractivity contribution in [3.8, 4) is 0 Å². The van der Waals surface area contributed by atoms with Crippen molar-refractivity contribution < 1.29 is 26.4 Å². The molecule has 2 aromatic carbocycles. The van der Waals surface area contributed by atoms with Crippen LogP contribution in [0.4, 0.5) is 13.2 Å². The van der Waals surface area contributed by atoms with Crippen LogP contribution in [0.1, 0.15) is 29.5 Å². The van der Waals surface area contributed by atoms with E-state index in [-0.39, 0.29) is 37.2 Å². The molecule has 10 heteroatoms. The summed E-state index contributed by atoms with van der Waals surface area (Å²) in [7, 11) is -3.54. The average Bonchev–Trinajstić information content (AvgIpc) is 2.71. The molecule has 1 aliphatic rings. The number of carbonyl (C=O) groups excluding carboxylic acids is 1. The van der Waals surface area contributed by atoms with Crippen LogP contribution >= 0.6 is 11.6 Å². The van der Waals surface area contributed by atoms with E-state index in [1.807, 2.05) is 0 Å². The molecule has 168 valence electrons. The maximum atomic E-state index is 12.8. The molecule has 1 fully saturated rings. The van der Waals surface area contributed by atoms with E-state index in [9.17, 15) is 26.4 Å². The highest BCUT2D eigenvalue weighted by Gasteiger charge is 2.32. The van der Waals surface area contributed by atoms with Gasteiger partial charge in [0.1, 0.15) is 0 Å².